The molecule has 0 saturated heterocycles. The van der Waals surface area contributed by atoms with Crippen LogP contribution in [0.3, 0.4) is 0 Å². The van der Waals surface area contributed by atoms with Gasteiger partial charge in [-0.1, -0.05) is 6.92 Å². The molecule has 0 fully saturated rings. The minimum Gasteiger partial charge on any atom is -0.370 e. The fourth-order valence-corrected chi connectivity index (χ4v) is 4.17. The summed E-state index contributed by atoms with van der Waals surface area (Å²) in [5, 5.41) is 23.4. The normalized spacial score (nSPS) is 13.3. The van der Waals surface area contributed by atoms with Crippen molar-refractivity contribution >= 4 is 58.8 Å². The number of nitrogens with zero attached hydrogens (tertiary/aromatic N) is 5. The summed E-state index contributed by atoms with van der Waals surface area (Å²) in [5.41, 5.74) is 24.1. The largest absolute Gasteiger partial charge is 0.370 e. The van der Waals surface area contributed by atoms with Crippen molar-refractivity contribution < 1.29 is 9.59 Å². The number of hydrogen-bond acceptors (Lipinski definition) is 9. The van der Waals surface area contributed by atoms with Gasteiger partial charge in [-0.15, -0.1) is 0 Å². The highest BCUT2D eigenvalue weighted by Crippen LogP contribution is 2.08. The van der Waals surface area contributed by atoms with Gasteiger partial charge in [-0.2, -0.15) is 11.8 Å². The molecule has 0 radical (unpaired) electrons. The molecule has 16 nitrogen and oxygen atoms in total. The Morgan fingerprint density at radius 3 is 1.81 bits per heavy atom. The molecular weight excluding hydrogens is 560 g/mol. The number of carbonyl (C=O) groups excluding carboxylic acids is 2. The fraction of sp³-hybridized carbons (Fsp3) is 0.680. The van der Waals surface area contributed by atoms with Crippen LogP contribution < -0.4 is 38.9 Å². The predicted molar refractivity (Wildman–Crippen MR) is 175 cm³/mol. The third-order valence-electron chi connectivity index (χ3n) is 5.36. The van der Waals surface area contributed by atoms with Gasteiger partial charge in [0.05, 0.1) is 0 Å². The minimum absolute atomic E-state index is 0.101. The molecule has 1 atom stereocenters. The maximum absolute atomic E-state index is 13.4. The highest BCUT2D eigenvalue weighted by atomic mass is 32.2. The first-order chi connectivity index (χ1) is 19.9. The van der Waals surface area contributed by atoms with E-state index in [1.807, 2.05) is 6.92 Å². The second-order valence-electron chi connectivity index (χ2n) is 9.27. The Kier molecular flexibility index (Phi) is 20.7. The van der Waals surface area contributed by atoms with E-state index in [1.165, 1.54) is 14.0 Å². The summed E-state index contributed by atoms with van der Waals surface area (Å²) in [5.74, 6) is 1.32. The van der Waals surface area contributed by atoms with E-state index in [-0.39, 0.29) is 35.7 Å². The zero-order valence-electron chi connectivity index (χ0n) is 25.3. The molecule has 42 heavy (non-hydrogen) atoms. The maximum Gasteiger partial charge on any atom is 0.246 e. The topological polar surface area (TPSA) is 275 Å². The molecule has 0 aliphatic rings. The van der Waals surface area contributed by atoms with Crippen LogP contribution in [-0.4, -0.2) is 109 Å². The molecular formula is C25H50N14O2S. The van der Waals surface area contributed by atoms with Gasteiger partial charge in [-0.3, -0.25) is 40.2 Å². The standard InChI is InChI=1S/C25H50N14O2S/c1-5-42-16-20(36-18(3)40)21(41)39(13-7-11-34-23(29)37-22(28)32-4)14-8-12-35-25(31)38-24(30)33-10-6-9-19(27)15-17(2)26/h20,26-27H,5-16H2,1-4H3,(H,36,40)(H5,28,29,32,34,37)(H5,30,31,33,35,38)/t20-/m1/s1. The highest BCUT2D eigenvalue weighted by molar-refractivity contribution is 7.99. The van der Waals surface area contributed by atoms with E-state index >= 15 is 0 Å². The maximum atomic E-state index is 13.4. The van der Waals surface area contributed by atoms with Gasteiger partial charge in [0.1, 0.15) is 6.04 Å². The molecule has 0 heterocycles. The monoisotopic (exact) mass is 610 g/mol. The molecule has 17 heteroatoms. The molecule has 0 aliphatic carbocycles. The number of amides is 2. The van der Waals surface area contributed by atoms with Crippen LogP contribution in [-0.2, 0) is 9.59 Å². The Bertz CT molecular complexity index is 996. The van der Waals surface area contributed by atoms with E-state index in [0.717, 1.165) is 5.75 Å². The van der Waals surface area contributed by atoms with Gasteiger partial charge < -0.3 is 44.0 Å². The third-order valence-corrected chi connectivity index (χ3v) is 6.34. The number of nitrogens with one attached hydrogen (secondary N) is 5. The Hall–Kier alpha value is -3.89. The average Bonchev–Trinajstić information content (AvgIpc) is 2.91. The lowest BCUT2D eigenvalue weighted by atomic mass is 10.1. The van der Waals surface area contributed by atoms with Crippen LogP contribution >= 0.6 is 11.8 Å². The van der Waals surface area contributed by atoms with Crippen molar-refractivity contribution in [1.82, 2.24) is 20.9 Å². The molecule has 0 unspecified atom stereocenters. The van der Waals surface area contributed by atoms with Gasteiger partial charge >= 0.3 is 0 Å². The van der Waals surface area contributed by atoms with Crippen LogP contribution in [0.5, 0.6) is 0 Å². The number of nitrogens with two attached hydrogens (primary N) is 4. The molecule has 0 rings (SSSR count). The summed E-state index contributed by atoms with van der Waals surface area (Å²) in [6.45, 7) is 6.94. The Labute approximate surface area is 253 Å². The molecule has 238 valence electrons. The van der Waals surface area contributed by atoms with Crippen molar-refractivity contribution in [1.29, 1.82) is 10.8 Å². The van der Waals surface area contributed by atoms with Crippen molar-refractivity contribution in [3.63, 3.8) is 0 Å². The smallest absolute Gasteiger partial charge is 0.246 e. The van der Waals surface area contributed by atoms with Crippen molar-refractivity contribution in [3.8, 4) is 0 Å². The summed E-state index contributed by atoms with van der Waals surface area (Å²) in [4.78, 5) is 43.2. The lowest BCUT2D eigenvalue weighted by Crippen LogP contribution is -2.50. The predicted octanol–water partition coefficient (Wildman–Crippen LogP) is -0.849. The molecule has 0 aliphatic heterocycles. The van der Waals surface area contributed by atoms with Gasteiger partial charge in [0.15, 0.2) is 23.8 Å². The number of guanidine groups is 4. The van der Waals surface area contributed by atoms with Crippen molar-refractivity contribution in [2.45, 2.75) is 58.9 Å². The van der Waals surface area contributed by atoms with Gasteiger partial charge in [-0.05, 0) is 38.4 Å². The summed E-state index contributed by atoms with van der Waals surface area (Å²) < 4.78 is 0. The average molecular weight is 611 g/mol. The third kappa shape index (κ3) is 20.1. The molecule has 0 bridgehead atoms. The van der Waals surface area contributed by atoms with Crippen LogP contribution in [0.1, 0.15) is 52.9 Å². The number of rotatable bonds is 19. The van der Waals surface area contributed by atoms with Crippen LogP contribution in [0.15, 0.2) is 20.0 Å². The number of carbonyl (C=O) groups is 2. The van der Waals surface area contributed by atoms with Crippen molar-refractivity contribution in [2.75, 3.05) is 51.3 Å². The fourth-order valence-electron chi connectivity index (χ4n) is 3.47. The lowest BCUT2D eigenvalue weighted by molar-refractivity contribution is -0.135. The van der Waals surface area contributed by atoms with E-state index in [1.54, 1.807) is 23.6 Å². The number of thioether (sulfide) groups is 1. The molecule has 0 aromatic rings. The Morgan fingerprint density at radius 1 is 0.857 bits per heavy atom. The first-order valence-corrected chi connectivity index (χ1v) is 14.9. The van der Waals surface area contributed by atoms with Crippen LogP contribution in [0.2, 0.25) is 0 Å². The minimum atomic E-state index is -0.646. The molecule has 2 amide bonds. The molecule has 0 aromatic heterocycles. The van der Waals surface area contributed by atoms with Gasteiger partial charge in [0.25, 0.3) is 0 Å². The van der Waals surface area contributed by atoms with Crippen molar-refractivity contribution in [2.24, 2.45) is 42.9 Å². The van der Waals surface area contributed by atoms with Crippen LogP contribution in [0.4, 0.5) is 0 Å². The molecule has 0 saturated carbocycles. The lowest BCUT2D eigenvalue weighted by Gasteiger charge is -2.27. The summed E-state index contributed by atoms with van der Waals surface area (Å²) in [6, 6.07) is -0.646. The SMILES string of the molecule is CCSC[C@@H](NC(C)=O)C(=O)N(CCCN=C(N)NC(N)=NC)CCCN=C(N)NC(N)=NCCCC(=N)CC(C)=N. The highest BCUT2D eigenvalue weighted by Gasteiger charge is 2.24. The summed E-state index contributed by atoms with van der Waals surface area (Å²) >= 11 is 1.57. The van der Waals surface area contributed by atoms with Crippen LogP contribution in [0, 0.1) is 10.8 Å². The second-order valence-corrected chi connectivity index (χ2v) is 10.6. The van der Waals surface area contributed by atoms with Gasteiger partial charge in [0, 0.05) is 70.3 Å². The number of aliphatic imine (C=N–C) groups is 4. The van der Waals surface area contributed by atoms with E-state index in [9.17, 15) is 9.59 Å². The summed E-state index contributed by atoms with van der Waals surface area (Å²) in [6.07, 6.45) is 2.61. The van der Waals surface area contributed by atoms with E-state index in [2.05, 4.69) is 35.9 Å². The van der Waals surface area contributed by atoms with E-state index in [0.29, 0.717) is 82.0 Å². The Balaban J connectivity index is 5.06. The van der Waals surface area contributed by atoms with Gasteiger partial charge in [-0.25, -0.2) is 0 Å². The van der Waals surface area contributed by atoms with Gasteiger partial charge in [0.2, 0.25) is 11.8 Å². The first-order valence-electron chi connectivity index (χ1n) is 13.8. The molecule has 0 spiro atoms. The summed E-state index contributed by atoms with van der Waals surface area (Å²) in [7, 11) is 1.52. The van der Waals surface area contributed by atoms with E-state index < -0.39 is 6.04 Å². The Morgan fingerprint density at radius 2 is 1.36 bits per heavy atom. The van der Waals surface area contributed by atoms with E-state index in [4.69, 9.17) is 33.8 Å². The first kappa shape index (κ1) is 38.1. The van der Waals surface area contributed by atoms with Crippen LogP contribution in [0.25, 0.3) is 0 Å². The zero-order chi connectivity index (χ0) is 31.9. The molecule has 0 aromatic carbocycles. The second kappa shape index (κ2) is 22.8. The quantitative estimate of drug-likeness (QED) is 0.0499. The van der Waals surface area contributed by atoms with Crippen molar-refractivity contribution in [3.05, 3.63) is 0 Å². The number of hydrogen-bond donors (Lipinski definition) is 9. The zero-order valence-corrected chi connectivity index (χ0v) is 26.1. The molecule has 13 N–H and O–H groups in total.